The van der Waals surface area contributed by atoms with Crippen LogP contribution in [0.3, 0.4) is 0 Å². The minimum Gasteiger partial charge on any atom is -0.0789 e. The summed E-state index contributed by atoms with van der Waals surface area (Å²) in [5.74, 6) is 0.707. The van der Waals surface area contributed by atoms with Crippen LogP contribution < -0.4 is 0 Å². The molecule has 9 rings (SSSR count). The molecule has 0 N–H and O–H groups in total. The monoisotopic (exact) mass is 546 g/mol. The summed E-state index contributed by atoms with van der Waals surface area (Å²) in [5, 5.41) is 0. The number of hydrogen-bond acceptors (Lipinski definition) is 0. The largest absolute Gasteiger partial charge is 0.0789 e. The van der Waals surface area contributed by atoms with E-state index in [4.69, 9.17) is 0 Å². The number of allylic oxidation sites excluding steroid dienone is 4. The van der Waals surface area contributed by atoms with Crippen LogP contribution in [0.5, 0.6) is 0 Å². The van der Waals surface area contributed by atoms with Crippen LogP contribution in [0, 0.1) is 5.92 Å². The van der Waals surface area contributed by atoms with Gasteiger partial charge < -0.3 is 0 Å². The van der Waals surface area contributed by atoms with Crippen molar-refractivity contribution in [3.05, 3.63) is 192 Å². The zero-order chi connectivity index (χ0) is 28.4. The van der Waals surface area contributed by atoms with Gasteiger partial charge in [-0.05, 0) is 85.0 Å². The Morgan fingerprint density at radius 3 is 1.70 bits per heavy atom. The van der Waals surface area contributed by atoms with E-state index in [9.17, 15) is 0 Å². The molecule has 0 aromatic heterocycles. The van der Waals surface area contributed by atoms with Crippen LogP contribution in [0.2, 0.25) is 0 Å². The second-order valence-electron chi connectivity index (χ2n) is 12.0. The van der Waals surface area contributed by atoms with Gasteiger partial charge in [0.2, 0.25) is 0 Å². The Bertz CT molecular complexity index is 2020. The molecule has 1 spiro atoms. The summed E-state index contributed by atoms with van der Waals surface area (Å²) in [6, 6.07) is 54.1. The first-order valence-electron chi connectivity index (χ1n) is 15.3. The number of rotatable bonds is 3. The molecule has 3 aliphatic carbocycles. The summed E-state index contributed by atoms with van der Waals surface area (Å²) in [5.41, 5.74) is 15.8. The molecule has 43 heavy (non-hydrogen) atoms. The second-order valence-corrected chi connectivity index (χ2v) is 12.0. The van der Waals surface area contributed by atoms with Crippen molar-refractivity contribution < 1.29 is 0 Å². The Balaban J connectivity index is 1.35. The Hall–Kier alpha value is -5.20. The lowest BCUT2D eigenvalue weighted by Crippen LogP contribution is -2.32. The van der Waals surface area contributed by atoms with Crippen molar-refractivity contribution in [3.8, 4) is 44.5 Å². The highest BCUT2D eigenvalue weighted by Crippen LogP contribution is 2.66. The van der Waals surface area contributed by atoms with E-state index in [1.807, 2.05) is 0 Å². The van der Waals surface area contributed by atoms with E-state index in [2.05, 4.69) is 170 Å². The topological polar surface area (TPSA) is 0 Å². The Labute approximate surface area is 253 Å². The number of benzene rings is 6. The van der Waals surface area contributed by atoms with E-state index >= 15 is 0 Å². The van der Waals surface area contributed by atoms with Gasteiger partial charge in [-0.25, -0.2) is 0 Å². The van der Waals surface area contributed by atoms with E-state index in [0.717, 1.165) is 0 Å². The number of fused-ring (bicyclic) bond motifs is 10. The van der Waals surface area contributed by atoms with Gasteiger partial charge in [0.25, 0.3) is 0 Å². The van der Waals surface area contributed by atoms with Crippen LogP contribution in [0.1, 0.15) is 28.2 Å². The summed E-state index contributed by atoms with van der Waals surface area (Å²) in [6.07, 6.45) is 9.37. The Morgan fingerprint density at radius 2 is 0.953 bits per heavy atom. The predicted octanol–water partition coefficient (Wildman–Crippen LogP) is 10.8. The van der Waals surface area contributed by atoms with E-state index in [1.165, 1.54) is 66.8 Å². The fraction of sp³-hybridized carbons (Fsp3) is 0.0698. The lowest BCUT2D eigenvalue weighted by molar-refractivity contribution is 0.465. The normalized spacial score (nSPS) is 20.5. The third-order valence-corrected chi connectivity index (χ3v) is 9.95. The molecule has 6 aromatic rings. The standard InChI is InChI=1S/C43H30/c1-3-14-29(15-4-1)31-26-32(30-16-5-2-6-17-30)28-33(27-31)34-21-13-25-41-42(34)37-20-9-12-24-40(37)43(41)38-22-10-7-18-35(38)36-19-8-11-23-39(36)43/h1-28,35,38H. The van der Waals surface area contributed by atoms with Gasteiger partial charge in [0.05, 0.1) is 5.41 Å². The minimum atomic E-state index is -0.218. The molecule has 202 valence electrons. The zero-order valence-corrected chi connectivity index (χ0v) is 23.8. The summed E-state index contributed by atoms with van der Waals surface area (Å²) >= 11 is 0. The molecule has 0 heterocycles. The SMILES string of the molecule is C1=CC2c3ccccc3C3(c4ccccc4-c4c(-c5cc(-c6ccccc6)cc(-c6ccccc6)c5)cccc43)C2C=C1. The van der Waals surface area contributed by atoms with Crippen LogP contribution in [0.25, 0.3) is 44.5 Å². The first kappa shape index (κ1) is 24.4. The van der Waals surface area contributed by atoms with Gasteiger partial charge in [-0.2, -0.15) is 0 Å². The van der Waals surface area contributed by atoms with Crippen molar-refractivity contribution in [3.63, 3.8) is 0 Å². The molecule has 3 atom stereocenters. The van der Waals surface area contributed by atoms with E-state index in [-0.39, 0.29) is 5.41 Å². The van der Waals surface area contributed by atoms with Gasteiger partial charge in [0, 0.05) is 11.8 Å². The molecule has 0 radical (unpaired) electrons. The molecule has 0 heteroatoms. The van der Waals surface area contributed by atoms with E-state index in [0.29, 0.717) is 11.8 Å². The fourth-order valence-corrected chi connectivity index (χ4v) is 8.27. The molecule has 3 unspecified atom stereocenters. The highest BCUT2D eigenvalue weighted by atomic mass is 14.6. The number of hydrogen-bond donors (Lipinski definition) is 0. The maximum Gasteiger partial charge on any atom is 0.0538 e. The average molecular weight is 547 g/mol. The van der Waals surface area contributed by atoms with Crippen LogP contribution in [0.4, 0.5) is 0 Å². The molecule has 0 amide bonds. The lowest BCUT2D eigenvalue weighted by atomic mass is 9.65. The van der Waals surface area contributed by atoms with Gasteiger partial charge in [0.1, 0.15) is 0 Å². The summed E-state index contributed by atoms with van der Waals surface area (Å²) in [7, 11) is 0. The second kappa shape index (κ2) is 9.41. The maximum absolute atomic E-state index is 2.47. The van der Waals surface area contributed by atoms with Crippen molar-refractivity contribution in [1.82, 2.24) is 0 Å². The molecule has 0 saturated carbocycles. The molecule has 0 bridgehead atoms. The zero-order valence-electron chi connectivity index (χ0n) is 23.8. The molecule has 6 aromatic carbocycles. The Kier molecular flexibility index (Phi) is 5.34. The van der Waals surface area contributed by atoms with Gasteiger partial charge >= 0.3 is 0 Å². The van der Waals surface area contributed by atoms with Gasteiger partial charge in [-0.3, -0.25) is 0 Å². The van der Waals surface area contributed by atoms with Gasteiger partial charge in [-0.15, -0.1) is 0 Å². The minimum absolute atomic E-state index is 0.218. The maximum atomic E-state index is 2.47. The first-order chi connectivity index (χ1) is 21.3. The van der Waals surface area contributed by atoms with Crippen LogP contribution in [-0.4, -0.2) is 0 Å². The Morgan fingerprint density at radius 1 is 0.395 bits per heavy atom. The molecule has 0 nitrogen and oxygen atoms in total. The molecular weight excluding hydrogens is 516 g/mol. The first-order valence-corrected chi connectivity index (χ1v) is 15.3. The predicted molar refractivity (Wildman–Crippen MR) is 179 cm³/mol. The van der Waals surface area contributed by atoms with Crippen LogP contribution >= 0.6 is 0 Å². The van der Waals surface area contributed by atoms with Gasteiger partial charge in [-0.1, -0.05) is 152 Å². The average Bonchev–Trinajstić information content (AvgIpc) is 3.56. The highest BCUT2D eigenvalue weighted by Gasteiger charge is 2.57. The summed E-state index contributed by atoms with van der Waals surface area (Å²) in [6.45, 7) is 0. The molecular formula is C43H30. The summed E-state index contributed by atoms with van der Waals surface area (Å²) < 4.78 is 0. The van der Waals surface area contributed by atoms with E-state index in [1.54, 1.807) is 0 Å². The van der Waals surface area contributed by atoms with Crippen molar-refractivity contribution in [1.29, 1.82) is 0 Å². The van der Waals surface area contributed by atoms with Crippen LogP contribution in [0.15, 0.2) is 170 Å². The third kappa shape index (κ3) is 3.44. The lowest BCUT2D eigenvalue weighted by Gasteiger charge is -2.36. The van der Waals surface area contributed by atoms with Crippen molar-refractivity contribution in [2.75, 3.05) is 0 Å². The van der Waals surface area contributed by atoms with Gasteiger partial charge in [0.15, 0.2) is 0 Å². The molecule has 0 fully saturated rings. The quantitative estimate of drug-likeness (QED) is 0.207. The smallest absolute Gasteiger partial charge is 0.0538 e. The van der Waals surface area contributed by atoms with E-state index < -0.39 is 0 Å². The third-order valence-electron chi connectivity index (χ3n) is 9.95. The van der Waals surface area contributed by atoms with Crippen molar-refractivity contribution in [2.45, 2.75) is 11.3 Å². The van der Waals surface area contributed by atoms with Crippen LogP contribution in [-0.2, 0) is 5.41 Å². The van der Waals surface area contributed by atoms with Crippen molar-refractivity contribution >= 4 is 0 Å². The molecule has 0 saturated heterocycles. The van der Waals surface area contributed by atoms with Crippen molar-refractivity contribution in [2.24, 2.45) is 5.92 Å². The molecule has 0 aliphatic heterocycles. The highest BCUT2D eigenvalue weighted by molar-refractivity contribution is 5.96. The summed E-state index contributed by atoms with van der Waals surface area (Å²) in [4.78, 5) is 0. The molecule has 3 aliphatic rings. The fourth-order valence-electron chi connectivity index (χ4n) is 8.27.